The Kier molecular flexibility index (Phi) is 3.61. The van der Waals surface area contributed by atoms with Gasteiger partial charge in [0.2, 0.25) is 0 Å². The van der Waals surface area contributed by atoms with Crippen molar-refractivity contribution in [2.24, 2.45) is 11.3 Å². The molecular formula is C8H18N2. The summed E-state index contributed by atoms with van der Waals surface area (Å²) in [6.07, 6.45) is 2.86. The Hall–Kier alpha value is -0.340. The van der Waals surface area contributed by atoms with Crippen molar-refractivity contribution in [2.75, 3.05) is 0 Å². The first-order valence-corrected chi connectivity index (χ1v) is 3.58. The van der Waals surface area contributed by atoms with Gasteiger partial charge < -0.3 is 0 Å². The van der Waals surface area contributed by atoms with Crippen LogP contribution in [0.25, 0.3) is 0 Å². The summed E-state index contributed by atoms with van der Waals surface area (Å²) in [5.74, 6) is 5.27. The Labute approximate surface area is 63.5 Å². The normalized spacial score (nSPS) is 14.8. The lowest BCUT2D eigenvalue weighted by atomic mass is 9.88. The van der Waals surface area contributed by atoms with E-state index in [1.807, 2.05) is 6.08 Å². The van der Waals surface area contributed by atoms with Crippen LogP contribution in [-0.2, 0) is 0 Å². The molecule has 0 amide bonds. The zero-order valence-corrected chi connectivity index (χ0v) is 7.15. The van der Waals surface area contributed by atoms with Crippen LogP contribution in [0.5, 0.6) is 0 Å². The molecule has 0 aliphatic carbocycles. The molecule has 3 N–H and O–H groups in total. The van der Waals surface area contributed by atoms with Crippen LogP contribution in [0, 0.1) is 5.41 Å². The van der Waals surface area contributed by atoms with Crippen LogP contribution >= 0.6 is 0 Å². The molecule has 0 aliphatic rings. The molecule has 0 aromatic rings. The largest absolute Gasteiger partial charge is 0.271 e. The third kappa shape index (κ3) is 4.53. The molecule has 0 aliphatic heterocycles. The van der Waals surface area contributed by atoms with E-state index in [1.165, 1.54) is 0 Å². The number of hydrogen-bond acceptors (Lipinski definition) is 2. The van der Waals surface area contributed by atoms with Gasteiger partial charge in [0, 0.05) is 6.04 Å². The number of hydrazine groups is 1. The quantitative estimate of drug-likeness (QED) is 0.355. The lowest BCUT2D eigenvalue weighted by Gasteiger charge is -2.22. The van der Waals surface area contributed by atoms with Crippen molar-refractivity contribution in [3.05, 3.63) is 12.7 Å². The molecule has 0 spiro atoms. The van der Waals surface area contributed by atoms with Gasteiger partial charge in [0.15, 0.2) is 0 Å². The molecule has 1 unspecified atom stereocenters. The van der Waals surface area contributed by atoms with Crippen LogP contribution in [0.4, 0.5) is 0 Å². The summed E-state index contributed by atoms with van der Waals surface area (Å²) in [5.41, 5.74) is 3.00. The van der Waals surface area contributed by atoms with Crippen molar-refractivity contribution in [3.8, 4) is 0 Å². The summed E-state index contributed by atoms with van der Waals surface area (Å²) in [6, 6.07) is 0.236. The van der Waals surface area contributed by atoms with E-state index in [2.05, 4.69) is 32.8 Å². The molecule has 0 saturated heterocycles. The van der Waals surface area contributed by atoms with Gasteiger partial charge in [-0.15, -0.1) is 6.58 Å². The Morgan fingerprint density at radius 3 is 2.20 bits per heavy atom. The van der Waals surface area contributed by atoms with Gasteiger partial charge in [-0.2, -0.15) is 0 Å². The molecule has 60 valence electrons. The van der Waals surface area contributed by atoms with Crippen molar-refractivity contribution < 1.29 is 0 Å². The molecule has 0 aromatic carbocycles. The highest BCUT2D eigenvalue weighted by Gasteiger charge is 2.14. The molecule has 0 aromatic heterocycles. The third-order valence-electron chi connectivity index (χ3n) is 1.33. The Morgan fingerprint density at radius 1 is 1.60 bits per heavy atom. The van der Waals surface area contributed by atoms with Gasteiger partial charge in [-0.3, -0.25) is 11.3 Å². The summed E-state index contributed by atoms with van der Waals surface area (Å²) < 4.78 is 0. The van der Waals surface area contributed by atoms with Gasteiger partial charge in [-0.1, -0.05) is 26.8 Å². The van der Waals surface area contributed by atoms with Gasteiger partial charge in [0.25, 0.3) is 0 Å². The Bertz CT molecular complexity index is 102. The SMILES string of the molecule is C=CC(CC(C)(C)C)NN. The minimum Gasteiger partial charge on any atom is -0.271 e. The molecule has 0 saturated carbocycles. The number of hydrogen-bond donors (Lipinski definition) is 2. The standard InChI is InChI=1S/C8H18N2/c1-5-7(10-9)6-8(2,3)4/h5,7,10H,1,6,9H2,2-4H3. The molecule has 1 atom stereocenters. The number of nitrogens with one attached hydrogen (secondary N) is 1. The lowest BCUT2D eigenvalue weighted by molar-refractivity contribution is 0.337. The van der Waals surface area contributed by atoms with E-state index in [9.17, 15) is 0 Å². The van der Waals surface area contributed by atoms with E-state index in [0.29, 0.717) is 5.41 Å². The molecule has 2 heteroatoms. The van der Waals surface area contributed by atoms with E-state index >= 15 is 0 Å². The van der Waals surface area contributed by atoms with Crippen LogP contribution in [0.2, 0.25) is 0 Å². The zero-order chi connectivity index (χ0) is 8.20. The fraction of sp³-hybridized carbons (Fsp3) is 0.750. The fourth-order valence-corrected chi connectivity index (χ4v) is 0.870. The molecule has 0 rings (SSSR count). The van der Waals surface area contributed by atoms with Gasteiger partial charge >= 0.3 is 0 Å². The van der Waals surface area contributed by atoms with Crippen LogP contribution < -0.4 is 11.3 Å². The molecule has 0 fully saturated rings. The first-order valence-electron chi connectivity index (χ1n) is 3.58. The summed E-state index contributed by atoms with van der Waals surface area (Å²) in [6.45, 7) is 10.2. The van der Waals surface area contributed by atoms with Crippen LogP contribution in [0.15, 0.2) is 12.7 Å². The van der Waals surface area contributed by atoms with Gasteiger partial charge in [-0.05, 0) is 11.8 Å². The molecule has 10 heavy (non-hydrogen) atoms. The summed E-state index contributed by atoms with van der Waals surface area (Å²) >= 11 is 0. The van der Waals surface area contributed by atoms with E-state index in [0.717, 1.165) is 6.42 Å². The van der Waals surface area contributed by atoms with Crippen molar-refractivity contribution in [2.45, 2.75) is 33.2 Å². The first kappa shape index (κ1) is 9.66. The predicted octanol–water partition coefficient (Wildman–Crippen LogP) is 1.44. The molecular weight excluding hydrogens is 124 g/mol. The highest BCUT2D eigenvalue weighted by atomic mass is 15.2. The van der Waals surface area contributed by atoms with Crippen LogP contribution in [0.3, 0.4) is 0 Å². The predicted molar refractivity (Wildman–Crippen MR) is 45.4 cm³/mol. The molecule has 0 bridgehead atoms. The van der Waals surface area contributed by atoms with Crippen LogP contribution in [-0.4, -0.2) is 6.04 Å². The van der Waals surface area contributed by atoms with Gasteiger partial charge in [0.05, 0.1) is 0 Å². The average molecular weight is 142 g/mol. The fourth-order valence-electron chi connectivity index (χ4n) is 0.870. The van der Waals surface area contributed by atoms with Crippen LogP contribution in [0.1, 0.15) is 27.2 Å². The highest BCUT2D eigenvalue weighted by Crippen LogP contribution is 2.20. The number of nitrogens with two attached hydrogens (primary N) is 1. The number of rotatable bonds is 3. The van der Waals surface area contributed by atoms with Gasteiger partial charge in [-0.25, -0.2) is 0 Å². The van der Waals surface area contributed by atoms with E-state index in [-0.39, 0.29) is 6.04 Å². The summed E-state index contributed by atoms with van der Waals surface area (Å²) in [4.78, 5) is 0. The second-order valence-electron chi connectivity index (χ2n) is 3.77. The maximum atomic E-state index is 5.27. The average Bonchev–Trinajstić information content (AvgIpc) is 1.81. The van der Waals surface area contributed by atoms with Crippen molar-refractivity contribution in [1.29, 1.82) is 0 Å². The minimum absolute atomic E-state index is 0.236. The topological polar surface area (TPSA) is 38.0 Å². The molecule has 2 nitrogen and oxygen atoms in total. The first-order chi connectivity index (χ1) is 4.49. The van der Waals surface area contributed by atoms with E-state index < -0.39 is 0 Å². The molecule has 0 heterocycles. The monoisotopic (exact) mass is 142 g/mol. The van der Waals surface area contributed by atoms with Crippen molar-refractivity contribution >= 4 is 0 Å². The third-order valence-corrected chi connectivity index (χ3v) is 1.33. The highest BCUT2D eigenvalue weighted by molar-refractivity contribution is 4.86. The summed E-state index contributed by atoms with van der Waals surface area (Å²) in [7, 11) is 0. The maximum absolute atomic E-state index is 5.27. The van der Waals surface area contributed by atoms with Gasteiger partial charge in [0.1, 0.15) is 0 Å². The second-order valence-corrected chi connectivity index (χ2v) is 3.77. The molecule has 0 radical (unpaired) electrons. The van der Waals surface area contributed by atoms with Crippen molar-refractivity contribution in [1.82, 2.24) is 5.43 Å². The summed E-state index contributed by atoms with van der Waals surface area (Å²) in [5, 5.41) is 0. The van der Waals surface area contributed by atoms with E-state index in [4.69, 9.17) is 5.84 Å². The Balaban J connectivity index is 3.74. The Morgan fingerprint density at radius 2 is 2.10 bits per heavy atom. The zero-order valence-electron chi connectivity index (χ0n) is 7.15. The van der Waals surface area contributed by atoms with Crippen molar-refractivity contribution in [3.63, 3.8) is 0 Å². The smallest absolute Gasteiger partial charge is 0.0392 e. The van der Waals surface area contributed by atoms with E-state index in [1.54, 1.807) is 0 Å². The minimum atomic E-state index is 0.236. The maximum Gasteiger partial charge on any atom is 0.0392 e. The second kappa shape index (κ2) is 3.74. The lowest BCUT2D eigenvalue weighted by Crippen LogP contribution is -2.36.